The van der Waals surface area contributed by atoms with Gasteiger partial charge in [-0.05, 0) is 42.3 Å². The van der Waals surface area contributed by atoms with Crippen LogP contribution in [-0.4, -0.2) is 20.0 Å². The first-order valence-electron chi connectivity index (χ1n) is 6.63. The van der Waals surface area contributed by atoms with Crippen molar-refractivity contribution in [2.75, 3.05) is 14.2 Å². The maximum atomic E-state index is 12.3. The van der Waals surface area contributed by atoms with E-state index in [0.717, 1.165) is 15.8 Å². The Balaban J connectivity index is 2.05. The Hall–Kier alpha value is -1.81. The molecule has 0 spiro atoms. The smallest absolute Gasteiger partial charge is 0.166 e. The van der Waals surface area contributed by atoms with Crippen LogP contribution in [0.5, 0.6) is 11.5 Å². The van der Waals surface area contributed by atoms with Crippen LogP contribution in [0.1, 0.15) is 22.3 Å². The molecule has 21 heavy (non-hydrogen) atoms. The van der Waals surface area contributed by atoms with Crippen molar-refractivity contribution in [3.63, 3.8) is 0 Å². The van der Waals surface area contributed by atoms with Gasteiger partial charge in [-0.2, -0.15) is 0 Å². The van der Waals surface area contributed by atoms with Crippen molar-refractivity contribution in [1.82, 2.24) is 0 Å². The van der Waals surface area contributed by atoms with Crippen LogP contribution in [0.3, 0.4) is 0 Å². The van der Waals surface area contributed by atoms with E-state index in [-0.39, 0.29) is 5.78 Å². The Morgan fingerprint density at radius 3 is 2.38 bits per heavy atom. The van der Waals surface area contributed by atoms with Crippen LogP contribution in [0.2, 0.25) is 0 Å². The molecule has 2 rings (SSSR count). The highest BCUT2D eigenvalue weighted by atomic mass is 79.9. The van der Waals surface area contributed by atoms with E-state index < -0.39 is 0 Å². The van der Waals surface area contributed by atoms with Gasteiger partial charge in [0.05, 0.1) is 19.8 Å². The summed E-state index contributed by atoms with van der Waals surface area (Å²) in [6.45, 7) is 0. The molecule has 0 saturated carbocycles. The van der Waals surface area contributed by atoms with Crippen molar-refractivity contribution in [3.05, 3.63) is 58.1 Å². The topological polar surface area (TPSA) is 35.5 Å². The number of Topliss-reactive ketones (excluding diaryl/α,β-unsaturated/α-hetero) is 1. The monoisotopic (exact) mass is 348 g/mol. The van der Waals surface area contributed by atoms with Crippen molar-refractivity contribution in [3.8, 4) is 11.5 Å². The quantitative estimate of drug-likeness (QED) is 0.730. The molecule has 0 heterocycles. The molecule has 0 saturated heterocycles. The van der Waals surface area contributed by atoms with Crippen LogP contribution in [0.4, 0.5) is 0 Å². The van der Waals surface area contributed by atoms with E-state index in [1.54, 1.807) is 26.4 Å². The third-order valence-electron chi connectivity index (χ3n) is 3.26. The maximum Gasteiger partial charge on any atom is 0.166 e. The third-order valence-corrected chi connectivity index (χ3v) is 3.75. The second-order valence-electron chi connectivity index (χ2n) is 4.62. The van der Waals surface area contributed by atoms with E-state index in [1.807, 2.05) is 30.3 Å². The fraction of sp³-hybridized carbons (Fsp3) is 0.235. The van der Waals surface area contributed by atoms with Gasteiger partial charge in [0.15, 0.2) is 5.78 Å². The molecule has 0 aromatic heterocycles. The van der Waals surface area contributed by atoms with E-state index in [4.69, 9.17) is 9.47 Å². The molecule has 2 aromatic carbocycles. The molecule has 3 nitrogen and oxygen atoms in total. The third kappa shape index (κ3) is 4.08. The van der Waals surface area contributed by atoms with Gasteiger partial charge in [0.2, 0.25) is 0 Å². The molecule has 4 heteroatoms. The fourth-order valence-corrected chi connectivity index (χ4v) is 2.44. The Kier molecular flexibility index (Phi) is 5.39. The van der Waals surface area contributed by atoms with Gasteiger partial charge in [0, 0.05) is 10.9 Å². The molecule has 0 aliphatic carbocycles. The second-order valence-corrected chi connectivity index (χ2v) is 5.53. The summed E-state index contributed by atoms with van der Waals surface area (Å²) in [5.41, 5.74) is 1.72. The number of ketones is 1. The minimum atomic E-state index is 0.0731. The van der Waals surface area contributed by atoms with Gasteiger partial charge in [-0.3, -0.25) is 4.79 Å². The molecule has 0 N–H and O–H groups in total. The van der Waals surface area contributed by atoms with Crippen molar-refractivity contribution < 1.29 is 14.3 Å². The lowest BCUT2D eigenvalue weighted by Crippen LogP contribution is -2.04. The van der Waals surface area contributed by atoms with Crippen LogP contribution >= 0.6 is 15.9 Å². The highest BCUT2D eigenvalue weighted by Gasteiger charge is 2.12. The first-order valence-corrected chi connectivity index (χ1v) is 7.43. The highest BCUT2D eigenvalue weighted by molar-refractivity contribution is 9.10. The predicted molar refractivity (Wildman–Crippen MR) is 86.3 cm³/mol. The first kappa shape index (κ1) is 15.6. The first-order chi connectivity index (χ1) is 10.1. The van der Waals surface area contributed by atoms with Crippen LogP contribution in [0.15, 0.2) is 46.9 Å². The molecule has 0 atom stereocenters. The number of benzene rings is 2. The van der Waals surface area contributed by atoms with Gasteiger partial charge in [-0.1, -0.05) is 28.1 Å². The lowest BCUT2D eigenvalue weighted by molar-refractivity contribution is 0.0980. The normalized spacial score (nSPS) is 10.2. The molecule has 0 radical (unpaired) electrons. The highest BCUT2D eigenvalue weighted by Crippen LogP contribution is 2.25. The SMILES string of the molecule is COc1ccc(CCC(=O)c2cc(Br)ccc2OC)cc1. The summed E-state index contributed by atoms with van der Waals surface area (Å²) in [7, 11) is 3.21. The van der Waals surface area contributed by atoms with E-state index in [2.05, 4.69) is 15.9 Å². The van der Waals surface area contributed by atoms with Crippen molar-refractivity contribution in [2.24, 2.45) is 0 Å². The molecule has 0 bridgehead atoms. The Morgan fingerprint density at radius 2 is 1.76 bits per heavy atom. The molecule has 0 amide bonds. The van der Waals surface area contributed by atoms with Gasteiger partial charge in [-0.25, -0.2) is 0 Å². The summed E-state index contributed by atoms with van der Waals surface area (Å²) in [4.78, 5) is 12.3. The summed E-state index contributed by atoms with van der Waals surface area (Å²) in [6.07, 6.45) is 1.14. The molecule has 0 fully saturated rings. The Labute approximate surface area is 133 Å². The van der Waals surface area contributed by atoms with Crippen molar-refractivity contribution >= 4 is 21.7 Å². The van der Waals surface area contributed by atoms with Gasteiger partial charge in [0.1, 0.15) is 11.5 Å². The van der Waals surface area contributed by atoms with Crippen LogP contribution in [0.25, 0.3) is 0 Å². The van der Waals surface area contributed by atoms with Crippen LogP contribution < -0.4 is 9.47 Å². The van der Waals surface area contributed by atoms with E-state index >= 15 is 0 Å². The summed E-state index contributed by atoms with van der Waals surface area (Å²) >= 11 is 3.38. The van der Waals surface area contributed by atoms with Gasteiger partial charge in [0.25, 0.3) is 0 Å². The van der Waals surface area contributed by atoms with Crippen molar-refractivity contribution in [1.29, 1.82) is 0 Å². The second kappa shape index (κ2) is 7.27. The molecule has 110 valence electrons. The van der Waals surface area contributed by atoms with Crippen LogP contribution in [-0.2, 0) is 6.42 Å². The maximum absolute atomic E-state index is 12.3. The summed E-state index contributed by atoms with van der Waals surface area (Å²) < 4.78 is 11.2. The van der Waals surface area contributed by atoms with E-state index in [0.29, 0.717) is 24.2 Å². The van der Waals surface area contributed by atoms with E-state index in [1.165, 1.54) is 0 Å². The summed E-state index contributed by atoms with van der Waals surface area (Å²) in [5, 5.41) is 0. The minimum absolute atomic E-state index is 0.0731. The Morgan fingerprint density at radius 1 is 1.05 bits per heavy atom. The standard InChI is InChI=1S/C17H17BrO3/c1-20-14-7-3-12(4-8-14)5-9-16(19)15-11-13(18)6-10-17(15)21-2/h3-4,6-8,10-11H,5,9H2,1-2H3. The molecule has 0 aliphatic heterocycles. The van der Waals surface area contributed by atoms with E-state index in [9.17, 15) is 4.79 Å². The number of carbonyl (C=O) groups is 1. The number of ether oxygens (including phenoxy) is 2. The Bertz CT molecular complexity index is 620. The molecular formula is C17H17BrO3. The predicted octanol–water partition coefficient (Wildman–Crippen LogP) is 4.28. The zero-order chi connectivity index (χ0) is 15.2. The number of aryl methyl sites for hydroxylation is 1. The average Bonchev–Trinajstić information content (AvgIpc) is 2.53. The molecule has 0 aliphatic rings. The lowest BCUT2D eigenvalue weighted by Gasteiger charge is -2.08. The molecule has 0 unspecified atom stereocenters. The molecule has 2 aromatic rings. The minimum Gasteiger partial charge on any atom is -0.497 e. The number of halogens is 1. The number of hydrogen-bond donors (Lipinski definition) is 0. The lowest BCUT2D eigenvalue weighted by atomic mass is 10.0. The number of methoxy groups -OCH3 is 2. The van der Waals surface area contributed by atoms with Crippen LogP contribution in [0, 0.1) is 0 Å². The van der Waals surface area contributed by atoms with Gasteiger partial charge >= 0.3 is 0 Å². The molecular weight excluding hydrogens is 332 g/mol. The van der Waals surface area contributed by atoms with Crippen molar-refractivity contribution in [2.45, 2.75) is 12.8 Å². The van der Waals surface area contributed by atoms with Gasteiger partial charge < -0.3 is 9.47 Å². The zero-order valence-electron chi connectivity index (χ0n) is 12.1. The summed E-state index contributed by atoms with van der Waals surface area (Å²) in [5.74, 6) is 1.50. The van der Waals surface area contributed by atoms with Gasteiger partial charge in [-0.15, -0.1) is 0 Å². The fourth-order valence-electron chi connectivity index (χ4n) is 2.08. The largest absolute Gasteiger partial charge is 0.497 e. The number of carbonyl (C=O) groups excluding carboxylic acids is 1. The summed E-state index contributed by atoms with van der Waals surface area (Å²) in [6, 6.07) is 13.2. The number of rotatable bonds is 6. The zero-order valence-corrected chi connectivity index (χ0v) is 13.6. The average molecular weight is 349 g/mol. The number of hydrogen-bond acceptors (Lipinski definition) is 3.